The molecule has 0 aliphatic carbocycles. The van der Waals surface area contributed by atoms with E-state index in [1.54, 1.807) is 19.1 Å². The molecule has 0 heterocycles. The number of carbonyl (C=O) groups is 1. The second-order valence-corrected chi connectivity index (χ2v) is 5.99. The van der Waals surface area contributed by atoms with Crippen LogP contribution >= 0.6 is 0 Å². The zero-order valence-electron chi connectivity index (χ0n) is 10.9. The van der Waals surface area contributed by atoms with Gasteiger partial charge in [0.1, 0.15) is 4.90 Å². The summed E-state index contributed by atoms with van der Waals surface area (Å²) < 4.78 is 25.7. The van der Waals surface area contributed by atoms with Gasteiger partial charge in [-0.1, -0.05) is 12.1 Å². The summed E-state index contributed by atoms with van der Waals surface area (Å²) in [5.41, 5.74) is 0.229. The van der Waals surface area contributed by atoms with Crippen molar-refractivity contribution >= 4 is 21.6 Å². The first-order valence-electron chi connectivity index (χ1n) is 5.87. The molecule has 0 aromatic heterocycles. The molecule has 1 aromatic rings. The first-order chi connectivity index (χ1) is 8.86. The Bertz CT molecular complexity index is 540. The Balaban J connectivity index is 2.88. The summed E-state index contributed by atoms with van der Waals surface area (Å²) >= 11 is 0. The van der Waals surface area contributed by atoms with Crippen LogP contribution in [0, 0.1) is 0 Å². The second-order valence-electron chi connectivity index (χ2n) is 4.14. The van der Waals surface area contributed by atoms with Crippen molar-refractivity contribution in [2.75, 3.05) is 12.4 Å². The normalized spacial score (nSPS) is 13.0. The molecule has 1 unspecified atom stereocenters. The minimum atomic E-state index is -3.62. The van der Waals surface area contributed by atoms with Crippen molar-refractivity contribution in [3.63, 3.8) is 0 Å². The molecule has 1 amide bonds. The van der Waals surface area contributed by atoms with Crippen LogP contribution in [-0.2, 0) is 14.8 Å². The van der Waals surface area contributed by atoms with E-state index in [1.165, 1.54) is 19.2 Å². The fourth-order valence-electron chi connectivity index (χ4n) is 1.47. The largest absolute Gasteiger partial charge is 0.393 e. The lowest BCUT2D eigenvalue weighted by atomic mass is 10.2. The predicted molar refractivity (Wildman–Crippen MR) is 72.2 cm³/mol. The molecule has 0 saturated heterocycles. The number of para-hydroxylation sites is 1. The molecule has 1 rings (SSSR count). The Labute approximate surface area is 112 Å². The van der Waals surface area contributed by atoms with E-state index < -0.39 is 16.1 Å². The molecule has 1 aromatic carbocycles. The van der Waals surface area contributed by atoms with Crippen LogP contribution in [0.2, 0.25) is 0 Å². The number of hydrogen-bond acceptors (Lipinski definition) is 4. The highest BCUT2D eigenvalue weighted by Gasteiger charge is 2.17. The summed E-state index contributed by atoms with van der Waals surface area (Å²) in [7, 11) is -2.31. The Kier molecular flexibility index (Phi) is 5.46. The molecule has 0 saturated carbocycles. The highest BCUT2D eigenvalue weighted by atomic mass is 32.2. The molecule has 6 nitrogen and oxygen atoms in total. The summed E-state index contributed by atoms with van der Waals surface area (Å²) in [5, 5.41) is 11.6. The van der Waals surface area contributed by atoms with Crippen molar-refractivity contribution in [3.8, 4) is 0 Å². The molecule has 0 fully saturated rings. The standard InChI is InChI=1S/C12H18N2O4S/c1-9(15)7-8-12(16)14-10-5-3-4-6-11(10)19(17,18)13-2/h3-6,9,13,15H,7-8H2,1-2H3,(H,14,16). The van der Waals surface area contributed by atoms with Crippen LogP contribution in [0.1, 0.15) is 19.8 Å². The van der Waals surface area contributed by atoms with Gasteiger partial charge in [0, 0.05) is 6.42 Å². The molecule has 0 aliphatic heterocycles. The summed E-state index contributed by atoms with van der Waals surface area (Å²) in [4.78, 5) is 11.7. The summed E-state index contributed by atoms with van der Waals surface area (Å²) in [6.07, 6.45) is -0.111. The van der Waals surface area contributed by atoms with Crippen LogP contribution in [0.15, 0.2) is 29.2 Å². The van der Waals surface area contributed by atoms with Crippen LogP contribution in [0.4, 0.5) is 5.69 Å². The Morgan fingerprint density at radius 2 is 2.00 bits per heavy atom. The SMILES string of the molecule is CNS(=O)(=O)c1ccccc1NC(=O)CCC(C)O. The van der Waals surface area contributed by atoms with Gasteiger partial charge < -0.3 is 10.4 Å². The number of hydrogen-bond donors (Lipinski definition) is 3. The van der Waals surface area contributed by atoms with Gasteiger partial charge in [-0.15, -0.1) is 0 Å². The van der Waals surface area contributed by atoms with Crippen molar-refractivity contribution in [2.45, 2.75) is 30.8 Å². The fraction of sp³-hybridized carbons (Fsp3) is 0.417. The fourth-order valence-corrected chi connectivity index (χ4v) is 2.35. The minimum Gasteiger partial charge on any atom is -0.393 e. The molecule has 3 N–H and O–H groups in total. The van der Waals surface area contributed by atoms with Crippen molar-refractivity contribution < 1.29 is 18.3 Å². The van der Waals surface area contributed by atoms with E-state index in [-0.39, 0.29) is 22.9 Å². The number of sulfonamides is 1. The molecule has 0 radical (unpaired) electrons. The van der Waals surface area contributed by atoms with Crippen molar-refractivity contribution in [1.82, 2.24) is 4.72 Å². The quantitative estimate of drug-likeness (QED) is 0.717. The van der Waals surface area contributed by atoms with Gasteiger partial charge in [0.2, 0.25) is 15.9 Å². The molecule has 7 heteroatoms. The minimum absolute atomic E-state index is 0.0166. The monoisotopic (exact) mass is 286 g/mol. The zero-order chi connectivity index (χ0) is 14.5. The second kappa shape index (κ2) is 6.65. The van der Waals surface area contributed by atoms with Crippen LogP contribution in [0.25, 0.3) is 0 Å². The van der Waals surface area contributed by atoms with Crippen LogP contribution < -0.4 is 10.0 Å². The Hall–Kier alpha value is -1.44. The van der Waals surface area contributed by atoms with E-state index in [2.05, 4.69) is 10.0 Å². The number of nitrogens with one attached hydrogen (secondary N) is 2. The van der Waals surface area contributed by atoms with Crippen LogP contribution in [0.5, 0.6) is 0 Å². The van der Waals surface area contributed by atoms with Gasteiger partial charge >= 0.3 is 0 Å². The first kappa shape index (κ1) is 15.6. The maximum absolute atomic E-state index is 11.8. The third-order valence-corrected chi connectivity index (χ3v) is 3.98. The number of anilines is 1. The number of benzene rings is 1. The van der Waals surface area contributed by atoms with Crippen molar-refractivity contribution in [1.29, 1.82) is 0 Å². The molecule has 0 spiro atoms. The highest BCUT2D eigenvalue weighted by molar-refractivity contribution is 7.89. The van der Waals surface area contributed by atoms with E-state index in [0.29, 0.717) is 6.42 Å². The summed E-state index contributed by atoms with van der Waals surface area (Å²) in [6.45, 7) is 1.59. The molecule has 1 atom stereocenters. The number of aliphatic hydroxyl groups excluding tert-OH is 1. The average molecular weight is 286 g/mol. The van der Waals surface area contributed by atoms with Gasteiger partial charge in [0.25, 0.3) is 0 Å². The first-order valence-corrected chi connectivity index (χ1v) is 7.35. The van der Waals surface area contributed by atoms with Crippen molar-refractivity contribution in [3.05, 3.63) is 24.3 Å². The van der Waals surface area contributed by atoms with Crippen LogP contribution in [0.3, 0.4) is 0 Å². The number of aliphatic hydroxyl groups is 1. The maximum Gasteiger partial charge on any atom is 0.242 e. The van der Waals surface area contributed by atoms with Gasteiger partial charge in [0.15, 0.2) is 0 Å². The summed E-state index contributed by atoms with van der Waals surface area (Å²) in [6, 6.07) is 6.15. The topological polar surface area (TPSA) is 95.5 Å². The zero-order valence-corrected chi connectivity index (χ0v) is 11.7. The van der Waals surface area contributed by atoms with Crippen LogP contribution in [-0.4, -0.2) is 32.6 Å². The lowest BCUT2D eigenvalue weighted by Crippen LogP contribution is -2.22. The lowest BCUT2D eigenvalue weighted by molar-refractivity contribution is -0.116. The maximum atomic E-state index is 11.8. The Morgan fingerprint density at radius 3 is 2.58 bits per heavy atom. The van der Waals surface area contributed by atoms with E-state index in [9.17, 15) is 13.2 Å². The van der Waals surface area contributed by atoms with Gasteiger partial charge in [-0.05, 0) is 32.5 Å². The molecule has 106 valence electrons. The number of carbonyl (C=O) groups excluding carboxylic acids is 1. The summed E-state index contributed by atoms with van der Waals surface area (Å²) in [5.74, 6) is -0.334. The smallest absolute Gasteiger partial charge is 0.242 e. The third kappa shape index (κ3) is 4.62. The predicted octanol–water partition coefficient (Wildman–Crippen LogP) is 0.694. The van der Waals surface area contributed by atoms with Crippen molar-refractivity contribution in [2.24, 2.45) is 0 Å². The van der Waals surface area contributed by atoms with E-state index in [4.69, 9.17) is 5.11 Å². The highest BCUT2D eigenvalue weighted by Crippen LogP contribution is 2.20. The van der Waals surface area contributed by atoms with E-state index in [0.717, 1.165) is 0 Å². The van der Waals surface area contributed by atoms with E-state index >= 15 is 0 Å². The van der Waals surface area contributed by atoms with E-state index in [1.807, 2.05) is 0 Å². The van der Waals surface area contributed by atoms with Gasteiger partial charge in [-0.3, -0.25) is 4.79 Å². The average Bonchev–Trinajstić information content (AvgIpc) is 2.37. The number of rotatable bonds is 6. The Morgan fingerprint density at radius 1 is 1.37 bits per heavy atom. The van der Waals surface area contributed by atoms with Gasteiger partial charge in [0.05, 0.1) is 11.8 Å². The lowest BCUT2D eigenvalue weighted by Gasteiger charge is -2.11. The molecular formula is C12H18N2O4S. The molecule has 19 heavy (non-hydrogen) atoms. The van der Waals surface area contributed by atoms with Gasteiger partial charge in [-0.25, -0.2) is 13.1 Å². The van der Waals surface area contributed by atoms with Gasteiger partial charge in [-0.2, -0.15) is 0 Å². The third-order valence-electron chi connectivity index (χ3n) is 2.51. The number of amides is 1. The molecule has 0 bridgehead atoms. The molecule has 0 aliphatic rings. The molecular weight excluding hydrogens is 268 g/mol.